The number of phenolic OH excluding ortho intramolecular Hbond substituents is 1. The van der Waals surface area contributed by atoms with E-state index in [4.69, 9.17) is 17.3 Å². The van der Waals surface area contributed by atoms with Crippen LogP contribution in [0, 0.1) is 0 Å². The average Bonchev–Trinajstić information content (AvgIpc) is 2.55. The van der Waals surface area contributed by atoms with Gasteiger partial charge in [-0.25, -0.2) is 17.5 Å². The van der Waals surface area contributed by atoms with E-state index in [2.05, 4.69) is 4.74 Å². The molecule has 0 saturated heterocycles. The summed E-state index contributed by atoms with van der Waals surface area (Å²) in [4.78, 5) is 11.6. The van der Waals surface area contributed by atoms with E-state index in [0.717, 1.165) is 7.11 Å². The molecule has 0 aliphatic carbocycles. The number of nitrogens with zero attached hydrogens (tertiary/aromatic N) is 1. The lowest BCUT2D eigenvalue weighted by molar-refractivity contribution is -0.139. The molecule has 9 heteroatoms. The maximum absolute atomic E-state index is 13.0. The number of halogens is 1. The summed E-state index contributed by atoms with van der Waals surface area (Å²) in [6.45, 7) is 0. The van der Waals surface area contributed by atoms with Gasteiger partial charge in [0, 0.05) is 5.69 Å². The van der Waals surface area contributed by atoms with Crippen molar-refractivity contribution < 1.29 is 23.1 Å². The van der Waals surface area contributed by atoms with E-state index >= 15 is 0 Å². The molecule has 1 unspecified atom stereocenters. The van der Waals surface area contributed by atoms with Crippen LogP contribution in [-0.2, 0) is 19.6 Å². The molecule has 0 spiro atoms. The average molecular weight is 371 g/mol. The van der Waals surface area contributed by atoms with Gasteiger partial charge in [-0.2, -0.15) is 0 Å². The first-order valence-corrected chi connectivity index (χ1v) is 8.56. The maximum Gasteiger partial charge on any atom is 0.345 e. The van der Waals surface area contributed by atoms with Crippen LogP contribution in [0.15, 0.2) is 53.4 Å². The van der Waals surface area contributed by atoms with Gasteiger partial charge in [0.05, 0.1) is 17.7 Å². The highest BCUT2D eigenvalue weighted by Gasteiger charge is 2.37. The number of carbonyl (C=O) groups is 1. The number of phenols is 1. The summed E-state index contributed by atoms with van der Waals surface area (Å²) in [5.74, 6) is -1.35. The summed E-state index contributed by atoms with van der Waals surface area (Å²) < 4.78 is 31.0. The van der Waals surface area contributed by atoms with Gasteiger partial charge in [0.15, 0.2) is 0 Å². The number of esters is 1. The van der Waals surface area contributed by atoms with Crippen LogP contribution in [0.25, 0.3) is 0 Å². The number of aromatic hydroxyl groups is 1. The highest BCUT2D eigenvalue weighted by molar-refractivity contribution is 7.93. The molecule has 128 valence electrons. The van der Waals surface area contributed by atoms with Crippen molar-refractivity contribution in [2.24, 2.45) is 0 Å². The zero-order valence-corrected chi connectivity index (χ0v) is 14.2. The molecule has 2 aromatic rings. The number of methoxy groups -OCH3 is 1. The smallest absolute Gasteiger partial charge is 0.345 e. The van der Waals surface area contributed by atoms with Crippen LogP contribution >= 0.6 is 11.6 Å². The Bertz CT molecular complexity index is 856. The van der Waals surface area contributed by atoms with Crippen molar-refractivity contribution >= 4 is 39.0 Å². The first kappa shape index (κ1) is 17.9. The number of sulfonamides is 1. The lowest BCUT2D eigenvalue weighted by Crippen LogP contribution is -2.42. The Labute approximate surface area is 144 Å². The molecule has 0 radical (unpaired) electrons. The summed E-state index contributed by atoms with van der Waals surface area (Å²) in [5, 5.41) is 10.0. The van der Waals surface area contributed by atoms with Crippen LogP contribution in [0.2, 0.25) is 0 Å². The fourth-order valence-electron chi connectivity index (χ4n) is 2.01. The van der Waals surface area contributed by atoms with Gasteiger partial charge in [0.2, 0.25) is 5.50 Å². The molecule has 0 fully saturated rings. The van der Waals surface area contributed by atoms with Crippen LogP contribution < -0.4 is 10.0 Å². The Morgan fingerprint density at radius 3 is 2.50 bits per heavy atom. The van der Waals surface area contributed by atoms with Gasteiger partial charge >= 0.3 is 5.97 Å². The van der Waals surface area contributed by atoms with Gasteiger partial charge in [0.25, 0.3) is 10.0 Å². The number of rotatable bonds is 5. The van der Waals surface area contributed by atoms with Crippen LogP contribution in [0.1, 0.15) is 0 Å². The largest absolute Gasteiger partial charge is 0.506 e. The van der Waals surface area contributed by atoms with Gasteiger partial charge in [0.1, 0.15) is 5.75 Å². The van der Waals surface area contributed by atoms with E-state index in [0.29, 0.717) is 4.31 Å². The number of alkyl halides is 1. The molecule has 7 nitrogen and oxygen atoms in total. The molecule has 0 amide bonds. The zero-order chi connectivity index (χ0) is 17.9. The first-order chi connectivity index (χ1) is 11.3. The van der Waals surface area contributed by atoms with Gasteiger partial charge in [-0.1, -0.05) is 29.8 Å². The quantitative estimate of drug-likeness (QED) is 0.360. The van der Waals surface area contributed by atoms with E-state index in [1.165, 1.54) is 48.5 Å². The van der Waals surface area contributed by atoms with E-state index in [1.807, 2.05) is 0 Å². The normalized spacial score (nSPS) is 12.4. The number of anilines is 2. The Morgan fingerprint density at radius 1 is 1.25 bits per heavy atom. The van der Waals surface area contributed by atoms with Gasteiger partial charge < -0.3 is 15.6 Å². The summed E-state index contributed by atoms with van der Waals surface area (Å²) in [7, 11) is -3.22. The molecule has 3 N–H and O–H groups in total. The highest BCUT2D eigenvalue weighted by atomic mass is 35.5. The number of hydrogen-bond acceptors (Lipinski definition) is 6. The topological polar surface area (TPSA) is 110 Å². The summed E-state index contributed by atoms with van der Waals surface area (Å²) in [6, 6.07) is 11.1. The molecule has 2 rings (SSSR count). The number of nitrogens with two attached hydrogens (primary N) is 1. The molecule has 2 aromatic carbocycles. The molecular weight excluding hydrogens is 356 g/mol. The molecule has 24 heavy (non-hydrogen) atoms. The SMILES string of the molecule is COC(=O)C(Cl)N(c1ccccc1O)S(=O)(=O)c1cccc(N)c1. The molecule has 0 aromatic heterocycles. The highest BCUT2D eigenvalue weighted by Crippen LogP contribution is 2.34. The van der Waals surface area contributed by atoms with Crippen LogP contribution in [0.4, 0.5) is 11.4 Å². The monoisotopic (exact) mass is 370 g/mol. The molecule has 0 heterocycles. The standard InChI is InChI=1S/C15H15ClN2O5S/c1-23-15(20)14(16)18(12-7-2-3-8-13(12)19)24(21,22)11-6-4-5-10(17)9-11/h2-9,14,19H,17H2,1H3. The Hall–Kier alpha value is -2.45. The summed E-state index contributed by atoms with van der Waals surface area (Å²) in [6.07, 6.45) is 0. The fraction of sp³-hybridized carbons (Fsp3) is 0.133. The molecule has 0 aliphatic heterocycles. The lowest BCUT2D eigenvalue weighted by atomic mass is 10.3. The van der Waals surface area contributed by atoms with Crippen molar-refractivity contribution in [2.75, 3.05) is 17.1 Å². The molecular formula is C15H15ClN2O5S. The minimum Gasteiger partial charge on any atom is -0.506 e. The Morgan fingerprint density at radius 2 is 1.92 bits per heavy atom. The van der Waals surface area contributed by atoms with Crippen molar-refractivity contribution in [2.45, 2.75) is 10.4 Å². The van der Waals surface area contributed by atoms with Gasteiger partial charge in [-0.15, -0.1) is 0 Å². The molecule has 0 bridgehead atoms. The summed E-state index contributed by atoms with van der Waals surface area (Å²) in [5.41, 5.74) is 3.97. The lowest BCUT2D eigenvalue weighted by Gasteiger charge is -2.27. The third-order valence-electron chi connectivity index (χ3n) is 3.14. The van der Waals surface area contributed by atoms with Crippen molar-refractivity contribution in [3.63, 3.8) is 0 Å². The van der Waals surface area contributed by atoms with E-state index < -0.39 is 21.5 Å². The van der Waals surface area contributed by atoms with Crippen molar-refractivity contribution in [1.82, 2.24) is 0 Å². The van der Waals surface area contributed by atoms with E-state index in [-0.39, 0.29) is 22.0 Å². The third-order valence-corrected chi connectivity index (χ3v) is 5.40. The maximum atomic E-state index is 13.0. The Balaban J connectivity index is 2.66. The number of para-hydroxylation sites is 2. The predicted octanol–water partition coefficient (Wildman–Crippen LogP) is 1.91. The second-order valence-corrected chi connectivity index (χ2v) is 6.95. The number of ether oxygens (including phenoxy) is 1. The Kier molecular flexibility index (Phi) is 5.20. The van der Waals surface area contributed by atoms with Crippen molar-refractivity contribution in [1.29, 1.82) is 0 Å². The van der Waals surface area contributed by atoms with E-state index in [1.54, 1.807) is 0 Å². The van der Waals surface area contributed by atoms with Crippen LogP contribution in [-0.4, -0.2) is 32.1 Å². The molecule has 0 aliphatic rings. The number of benzene rings is 2. The van der Waals surface area contributed by atoms with E-state index in [9.17, 15) is 18.3 Å². The molecule has 1 atom stereocenters. The van der Waals surface area contributed by atoms with Gasteiger partial charge in [-0.3, -0.25) is 0 Å². The number of hydrogen-bond donors (Lipinski definition) is 2. The third kappa shape index (κ3) is 3.39. The van der Waals surface area contributed by atoms with Crippen molar-refractivity contribution in [3.05, 3.63) is 48.5 Å². The number of nitrogen functional groups attached to an aromatic ring is 1. The molecule has 0 saturated carbocycles. The minimum atomic E-state index is -4.29. The van der Waals surface area contributed by atoms with Gasteiger partial charge in [-0.05, 0) is 30.3 Å². The number of carbonyl (C=O) groups excluding carboxylic acids is 1. The zero-order valence-electron chi connectivity index (χ0n) is 12.6. The second-order valence-electron chi connectivity index (χ2n) is 4.72. The van der Waals surface area contributed by atoms with Crippen molar-refractivity contribution in [3.8, 4) is 5.75 Å². The second kappa shape index (κ2) is 6.98. The fourth-order valence-corrected chi connectivity index (χ4v) is 4.02. The minimum absolute atomic E-state index is 0.162. The predicted molar refractivity (Wildman–Crippen MR) is 90.3 cm³/mol. The summed E-state index contributed by atoms with van der Waals surface area (Å²) >= 11 is 6.01. The van der Waals surface area contributed by atoms with Crippen LogP contribution in [0.5, 0.6) is 5.75 Å². The first-order valence-electron chi connectivity index (χ1n) is 6.69. The van der Waals surface area contributed by atoms with Crippen LogP contribution in [0.3, 0.4) is 0 Å².